The van der Waals surface area contributed by atoms with Crippen molar-refractivity contribution in [2.45, 2.75) is 6.92 Å². The van der Waals surface area contributed by atoms with Crippen LogP contribution in [0.5, 0.6) is 0 Å². The number of aromatic nitrogens is 2. The summed E-state index contributed by atoms with van der Waals surface area (Å²) < 4.78 is 1.97. The molecule has 2 heteroatoms. The molecule has 0 aliphatic rings. The topological polar surface area (TPSA) is 17.8 Å². The maximum absolute atomic E-state index is 4.13. The van der Waals surface area contributed by atoms with Gasteiger partial charge in [-0.05, 0) is 13.0 Å². The maximum atomic E-state index is 4.13. The van der Waals surface area contributed by atoms with E-state index in [2.05, 4.69) is 4.98 Å². The molecular weight excluding hydrogens is 136 g/mol. The van der Waals surface area contributed by atoms with Crippen LogP contribution in [-0.4, -0.2) is 9.55 Å². The first-order chi connectivity index (χ1) is 5.34. The molecule has 0 saturated heterocycles. The van der Waals surface area contributed by atoms with Crippen molar-refractivity contribution in [2.24, 2.45) is 7.05 Å². The molecule has 1 aromatic heterocycles. The molecule has 0 aliphatic heterocycles. The van der Waals surface area contributed by atoms with E-state index < -0.39 is 0 Å². The second kappa shape index (κ2) is 3.76. The Balaban J connectivity index is 2.71. The van der Waals surface area contributed by atoms with Crippen molar-refractivity contribution in [3.8, 4) is 0 Å². The lowest BCUT2D eigenvalue weighted by Gasteiger charge is -1.90. The van der Waals surface area contributed by atoms with E-state index >= 15 is 0 Å². The Morgan fingerprint density at radius 3 is 2.82 bits per heavy atom. The average Bonchev–Trinajstić information content (AvgIpc) is 2.37. The van der Waals surface area contributed by atoms with Crippen LogP contribution in [0.15, 0.2) is 30.6 Å². The molecule has 0 amide bonds. The number of rotatable bonds is 2. The van der Waals surface area contributed by atoms with Gasteiger partial charge in [0.2, 0.25) is 0 Å². The van der Waals surface area contributed by atoms with Crippen LogP contribution in [0.4, 0.5) is 0 Å². The minimum Gasteiger partial charge on any atom is -0.335 e. The summed E-state index contributed by atoms with van der Waals surface area (Å²) in [5.41, 5.74) is 0. The van der Waals surface area contributed by atoms with Gasteiger partial charge < -0.3 is 4.57 Å². The van der Waals surface area contributed by atoms with Gasteiger partial charge in [0.1, 0.15) is 5.82 Å². The third-order valence-electron chi connectivity index (χ3n) is 1.41. The van der Waals surface area contributed by atoms with Crippen LogP contribution in [0.25, 0.3) is 6.08 Å². The Labute approximate surface area is 66.9 Å². The molecule has 2 nitrogen and oxygen atoms in total. The zero-order valence-corrected chi connectivity index (χ0v) is 6.86. The first-order valence-electron chi connectivity index (χ1n) is 3.61. The minimum atomic E-state index is 0.975. The van der Waals surface area contributed by atoms with Crippen LogP contribution in [0.1, 0.15) is 12.7 Å². The molecule has 1 rings (SSSR count). The van der Waals surface area contributed by atoms with Gasteiger partial charge in [-0.3, -0.25) is 0 Å². The second-order valence-electron chi connectivity index (χ2n) is 2.28. The van der Waals surface area contributed by atoms with Crippen molar-refractivity contribution in [3.05, 3.63) is 36.4 Å². The highest BCUT2D eigenvalue weighted by atomic mass is 15.0. The van der Waals surface area contributed by atoms with Crippen molar-refractivity contribution in [3.63, 3.8) is 0 Å². The van der Waals surface area contributed by atoms with Crippen molar-refractivity contribution in [1.82, 2.24) is 9.55 Å². The molecule has 0 fully saturated rings. The van der Waals surface area contributed by atoms with Gasteiger partial charge in [-0.2, -0.15) is 0 Å². The van der Waals surface area contributed by atoms with E-state index in [1.165, 1.54) is 0 Å². The van der Waals surface area contributed by atoms with Crippen LogP contribution >= 0.6 is 0 Å². The van der Waals surface area contributed by atoms with E-state index in [-0.39, 0.29) is 0 Å². The van der Waals surface area contributed by atoms with Gasteiger partial charge in [0.25, 0.3) is 0 Å². The van der Waals surface area contributed by atoms with Gasteiger partial charge in [-0.15, -0.1) is 0 Å². The third-order valence-corrected chi connectivity index (χ3v) is 1.41. The largest absolute Gasteiger partial charge is 0.335 e. The summed E-state index contributed by atoms with van der Waals surface area (Å²) in [4.78, 5) is 4.13. The Morgan fingerprint density at radius 1 is 1.45 bits per heavy atom. The first-order valence-corrected chi connectivity index (χ1v) is 3.61. The number of aryl methyl sites for hydroxylation is 1. The molecule has 0 N–H and O–H groups in total. The first kappa shape index (κ1) is 7.79. The fraction of sp³-hybridized carbons (Fsp3) is 0.222. The van der Waals surface area contributed by atoms with Crippen LogP contribution in [0.2, 0.25) is 0 Å². The highest BCUT2D eigenvalue weighted by Crippen LogP contribution is 1.96. The molecule has 1 aromatic rings. The fourth-order valence-electron chi connectivity index (χ4n) is 0.790. The monoisotopic (exact) mass is 148 g/mol. The van der Waals surface area contributed by atoms with Gasteiger partial charge in [0.15, 0.2) is 0 Å². The Morgan fingerprint density at radius 2 is 2.27 bits per heavy atom. The van der Waals surface area contributed by atoms with Crippen LogP contribution in [0.3, 0.4) is 0 Å². The standard InChI is InChI=1S/C9H12N2/c1-3-4-5-6-9-10-7-8-11(9)2/h3-8H,1-2H3/b4-3-,6-5-. The number of hydrogen-bond donors (Lipinski definition) is 0. The minimum absolute atomic E-state index is 0.975. The Hall–Kier alpha value is -1.31. The molecule has 0 radical (unpaired) electrons. The van der Waals surface area contributed by atoms with Gasteiger partial charge in [-0.1, -0.05) is 18.2 Å². The summed E-state index contributed by atoms with van der Waals surface area (Å²) in [6, 6.07) is 0. The molecule has 0 atom stereocenters. The molecule has 58 valence electrons. The molecule has 0 aromatic carbocycles. The van der Waals surface area contributed by atoms with Crippen molar-refractivity contribution in [1.29, 1.82) is 0 Å². The van der Waals surface area contributed by atoms with Crippen molar-refractivity contribution >= 4 is 6.08 Å². The Kier molecular flexibility index (Phi) is 2.66. The van der Waals surface area contributed by atoms with Crippen LogP contribution < -0.4 is 0 Å². The molecule has 0 saturated carbocycles. The number of hydrogen-bond acceptors (Lipinski definition) is 1. The van der Waals surface area contributed by atoms with Crippen LogP contribution in [-0.2, 0) is 7.05 Å². The fourth-order valence-corrected chi connectivity index (χ4v) is 0.790. The van der Waals surface area contributed by atoms with E-state index in [1.54, 1.807) is 6.20 Å². The van der Waals surface area contributed by atoms with E-state index in [4.69, 9.17) is 0 Å². The summed E-state index contributed by atoms with van der Waals surface area (Å²) in [5, 5.41) is 0. The highest BCUT2D eigenvalue weighted by molar-refractivity contribution is 5.42. The lowest BCUT2D eigenvalue weighted by molar-refractivity contribution is 0.897. The molecule has 0 spiro atoms. The quantitative estimate of drug-likeness (QED) is 0.586. The van der Waals surface area contributed by atoms with E-state index in [9.17, 15) is 0 Å². The van der Waals surface area contributed by atoms with Gasteiger partial charge >= 0.3 is 0 Å². The second-order valence-corrected chi connectivity index (χ2v) is 2.28. The molecule has 1 heterocycles. The molecular formula is C9H12N2. The van der Waals surface area contributed by atoms with Crippen LogP contribution in [0, 0.1) is 0 Å². The van der Waals surface area contributed by atoms with E-state index in [0.29, 0.717) is 0 Å². The smallest absolute Gasteiger partial charge is 0.132 e. The summed E-state index contributed by atoms with van der Waals surface area (Å²) in [7, 11) is 1.97. The normalized spacial score (nSPS) is 11.8. The third kappa shape index (κ3) is 2.08. The molecule has 0 aliphatic carbocycles. The van der Waals surface area contributed by atoms with Gasteiger partial charge in [0, 0.05) is 19.4 Å². The predicted octanol–water partition coefficient (Wildman–Crippen LogP) is 2.01. The molecule has 11 heavy (non-hydrogen) atoms. The zero-order chi connectivity index (χ0) is 8.10. The Bertz CT molecular complexity index is 269. The highest BCUT2D eigenvalue weighted by Gasteiger charge is 1.89. The van der Waals surface area contributed by atoms with Gasteiger partial charge in [0.05, 0.1) is 0 Å². The van der Waals surface area contributed by atoms with Gasteiger partial charge in [-0.25, -0.2) is 4.98 Å². The average molecular weight is 148 g/mol. The zero-order valence-electron chi connectivity index (χ0n) is 6.86. The van der Waals surface area contributed by atoms with E-state index in [1.807, 2.05) is 49.0 Å². The molecule has 0 unspecified atom stereocenters. The van der Waals surface area contributed by atoms with Crippen molar-refractivity contribution < 1.29 is 0 Å². The number of imidazole rings is 1. The predicted molar refractivity (Wildman–Crippen MR) is 47.1 cm³/mol. The maximum Gasteiger partial charge on any atom is 0.132 e. The lowest BCUT2D eigenvalue weighted by atomic mass is 10.4. The molecule has 0 bridgehead atoms. The van der Waals surface area contributed by atoms with Crippen molar-refractivity contribution in [2.75, 3.05) is 0 Å². The SMILES string of the molecule is C/C=C\C=C/c1nccn1C. The summed E-state index contributed by atoms with van der Waals surface area (Å²) in [6.45, 7) is 1.99. The van der Waals surface area contributed by atoms with E-state index in [0.717, 1.165) is 5.82 Å². The number of allylic oxidation sites excluding steroid dienone is 3. The lowest BCUT2D eigenvalue weighted by Crippen LogP contribution is -1.88. The summed E-state index contributed by atoms with van der Waals surface area (Å²) in [5.74, 6) is 0.975. The summed E-state index contributed by atoms with van der Waals surface area (Å²) in [6.07, 6.45) is 11.6. The number of nitrogens with zero attached hydrogens (tertiary/aromatic N) is 2. The summed E-state index contributed by atoms with van der Waals surface area (Å²) >= 11 is 0.